The van der Waals surface area contributed by atoms with Crippen molar-refractivity contribution in [2.24, 2.45) is 5.92 Å². The summed E-state index contributed by atoms with van der Waals surface area (Å²) in [5.74, 6) is 0.326. The quantitative estimate of drug-likeness (QED) is 0.597. The van der Waals surface area contributed by atoms with Gasteiger partial charge in [0.25, 0.3) is 0 Å². The van der Waals surface area contributed by atoms with Crippen molar-refractivity contribution in [1.82, 2.24) is 0 Å². The molecule has 0 spiro atoms. The molecule has 10 heavy (non-hydrogen) atoms. The van der Waals surface area contributed by atoms with Crippen LogP contribution in [0.2, 0.25) is 0 Å². The Hall–Kier alpha value is -0.300. The van der Waals surface area contributed by atoms with E-state index in [2.05, 4.69) is 6.58 Å². The van der Waals surface area contributed by atoms with Gasteiger partial charge in [-0.05, 0) is 25.7 Å². The Labute approximate surface area is 63.8 Å². The summed E-state index contributed by atoms with van der Waals surface area (Å²) < 4.78 is 0. The molecule has 0 rings (SSSR count). The molecule has 60 valence electrons. The maximum absolute atomic E-state index is 9.68. The van der Waals surface area contributed by atoms with Crippen LogP contribution in [-0.4, -0.2) is 10.7 Å². The van der Waals surface area contributed by atoms with Crippen molar-refractivity contribution in [2.45, 2.75) is 39.2 Å². The highest BCUT2D eigenvalue weighted by atomic mass is 16.3. The lowest BCUT2D eigenvalue weighted by molar-refractivity contribution is 0.00632. The largest absolute Gasteiger partial charge is 0.390 e. The molecule has 0 aliphatic heterocycles. The smallest absolute Gasteiger partial charge is 0.0645 e. The van der Waals surface area contributed by atoms with Gasteiger partial charge in [0.2, 0.25) is 0 Å². The maximum atomic E-state index is 9.68. The molecule has 0 aliphatic carbocycles. The van der Waals surface area contributed by atoms with Gasteiger partial charge < -0.3 is 5.11 Å². The van der Waals surface area contributed by atoms with E-state index in [1.807, 2.05) is 26.8 Å². The summed E-state index contributed by atoms with van der Waals surface area (Å²) in [6.07, 6.45) is 3.55. The Morgan fingerprint density at radius 3 is 2.40 bits per heavy atom. The molecule has 1 N–H and O–H groups in total. The fourth-order valence-corrected chi connectivity index (χ4v) is 0.683. The third kappa shape index (κ3) is 3.02. The molecule has 1 atom stereocenters. The first kappa shape index (κ1) is 9.70. The summed E-state index contributed by atoms with van der Waals surface area (Å²) >= 11 is 0. The van der Waals surface area contributed by atoms with Gasteiger partial charge in [-0.2, -0.15) is 0 Å². The highest BCUT2D eigenvalue weighted by Crippen LogP contribution is 2.21. The Bertz CT molecular complexity index is 103. The first-order valence-electron chi connectivity index (χ1n) is 3.84. The second-order valence-corrected chi connectivity index (χ2v) is 3.34. The van der Waals surface area contributed by atoms with Gasteiger partial charge in [-0.1, -0.05) is 19.9 Å². The third-order valence-corrected chi connectivity index (χ3v) is 2.10. The average Bonchev–Trinajstić information content (AvgIpc) is 1.84. The summed E-state index contributed by atoms with van der Waals surface area (Å²) in [5.41, 5.74) is -0.520. The first-order chi connectivity index (χ1) is 4.50. The third-order valence-electron chi connectivity index (χ3n) is 2.10. The number of hydrogen-bond acceptors (Lipinski definition) is 1. The van der Waals surface area contributed by atoms with E-state index in [0.717, 1.165) is 12.8 Å². The Balaban J connectivity index is 3.74. The second kappa shape index (κ2) is 3.77. The maximum Gasteiger partial charge on any atom is 0.0645 e. The van der Waals surface area contributed by atoms with E-state index in [-0.39, 0.29) is 0 Å². The van der Waals surface area contributed by atoms with Crippen LogP contribution < -0.4 is 0 Å². The van der Waals surface area contributed by atoms with Crippen molar-refractivity contribution in [2.75, 3.05) is 0 Å². The zero-order valence-corrected chi connectivity index (χ0v) is 7.22. The van der Waals surface area contributed by atoms with E-state index < -0.39 is 5.60 Å². The summed E-state index contributed by atoms with van der Waals surface area (Å²) in [7, 11) is 0. The number of rotatable bonds is 4. The topological polar surface area (TPSA) is 20.2 Å². The van der Waals surface area contributed by atoms with E-state index >= 15 is 0 Å². The summed E-state index contributed by atoms with van der Waals surface area (Å²) in [6.45, 7) is 9.55. The first-order valence-corrected chi connectivity index (χ1v) is 3.84. The minimum absolute atomic E-state index is 0.326. The molecule has 0 aromatic carbocycles. The Morgan fingerprint density at radius 2 is 2.10 bits per heavy atom. The molecule has 1 heteroatoms. The summed E-state index contributed by atoms with van der Waals surface area (Å²) in [5, 5.41) is 9.68. The van der Waals surface area contributed by atoms with Crippen molar-refractivity contribution in [3.63, 3.8) is 0 Å². The SMILES string of the molecule is C=CCC[C@](C)(O)C(C)C. The molecule has 0 amide bonds. The van der Waals surface area contributed by atoms with Crippen molar-refractivity contribution in [3.05, 3.63) is 12.7 Å². The average molecular weight is 142 g/mol. The van der Waals surface area contributed by atoms with Crippen molar-refractivity contribution in [3.8, 4) is 0 Å². The molecule has 0 saturated heterocycles. The van der Waals surface area contributed by atoms with Crippen LogP contribution >= 0.6 is 0 Å². The van der Waals surface area contributed by atoms with E-state index in [1.54, 1.807) is 0 Å². The van der Waals surface area contributed by atoms with Gasteiger partial charge in [-0.3, -0.25) is 0 Å². The predicted molar refractivity (Wildman–Crippen MR) is 44.9 cm³/mol. The molecule has 0 aromatic heterocycles. The lowest BCUT2D eigenvalue weighted by Crippen LogP contribution is -2.30. The van der Waals surface area contributed by atoms with Crippen LogP contribution in [-0.2, 0) is 0 Å². The van der Waals surface area contributed by atoms with Crippen LogP contribution in [0.3, 0.4) is 0 Å². The molecule has 0 bridgehead atoms. The number of allylic oxidation sites excluding steroid dienone is 1. The monoisotopic (exact) mass is 142 g/mol. The normalized spacial score (nSPS) is 16.9. The summed E-state index contributed by atoms with van der Waals surface area (Å²) in [6, 6.07) is 0. The van der Waals surface area contributed by atoms with Gasteiger partial charge in [0.1, 0.15) is 0 Å². The van der Waals surface area contributed by atoms with Crippen molar-refractivity contribution < 1.29 is 5.11 Å². The molecule has 0 unspecified atom stereocenters. The molecule has 0 heterocycles. The van der Waals surface area contributed by atoms with Crippen LogP contribution in [0.15, 0.2) is 12.7 Å². The zero-order chi connectivity index (χ0) is 8.20. The van der Waals surface area contributed by atoms with Crippen LogP contribution in [0.5, 0.6) is 0 Å². The molecule has 0 aromatic rings. The van der Waals surface area contributed by atoms with E-state index in [0.29, 0.717) is 5.92 Å². The molecule has 0 saturated carbocycles. The van der Waals surface area contributed by atoms with E-state index in [1.165, 1.54) is 0 Å². The van der Waals surface area contributed by atoms with E-state index in [4.69, 9.17) is 0 Å². The molecular weight excluding hydrogens is 124 g/mol. The molecule has 0 aliphatic rings. The lowest BCUT2D eigenvalue weighted by atomic mass is 9.88. The molecule has 0 radical (unpaired) electrons. The predicted octanol–water partition coefficient (Wildman–Crippen LogP) is 2.36. The minimum atomic E-state index is -0.520. The van der Waals surface area contributed by atoms with Gasteiger partial charge in [0.15, 0.2) is 0 Å². The lowest BCUT2D eigenvalue weighted by Gasteiger charge is -2.26. The Kier molecular flexibility index (Phi) is 3.66. The van der Waals surface area contributed by atoms with Crippen LogP contribution in [0.4, 0.5) is 0 Å². The van der Waals surface area contributed by atoms with Gasteiger partial charge in [0, 0.05) is 0 Å². The van der Waals surface area contributed by atoms with Gasteiger partial charge in [-0.15, -0.1) is 6.58 Å². The highest BCUT2D eigenvalue weighted by Gasteiger charge is 2.22. The fraction of sp³-hybridized carbons (Fsp3) is 0.778. The summed E-state index contributed by atoms with van der Waals surface area (Å²) in [4.78, 5) is 0. The van der Waals surface area contributed by atoms with Crippen LogP contribution in [0.25, 0.3) is 0 Å². The standard InChI is InChI=1S/C9H18O/c1-5-6-7-9(4,10)8(2)3/h5,8,10H,1,6-7H2,2-4H3/t9-/m0/s1. The molecular formula is C9H18O. The van der Waals surface area contributed by atoms with E-state index in [9.17, 15) is 5.11 Å². The van der Waals surface area contributed by atoms with Crippen LogP contribution in [0, 0.1) is 5.92 Å². The Morgan fingerprint density at radius 1 is 1.60 bits per heavy atom. The fourth-order valence-electron chi connectivity index (χ4n) is 0.683. The van der Waals surface area contributed by atoms with Gasteiger partial charge in [0.05, 0.1) is 5.60 Å². The van der Waals surface area contributed by atoms with Gasteiger partial charge in [-0.25, -0.2) is 0 Å². The second-order valence-electron chi connectivity index (χ2n) is 3.34. The van der Waals surface area contributed by atoms with Crippen molar-refractivity contribution in [1.29, 1.82) is 0 Å². The number of aliphatic hydroxyl groups is 1. The minimum Gasteiger partial charge on any atom is -0.390 e. The number of hydrogen-bond donors (Lipinski definition) is 1. The van der Waals surface area contributed by atoms with Crippen LogP contribution in [0.1, 0.15) is 33.6 Å². The zero-order valence-electron chi connectivity index (χ0n) is 7.22. The molecule has 0 fully saturated rings. The molecule has 1 nitrogen and oxygen atoms in total. The highest BCUT2D eigenvalue weighted by molar-refractivity contribution is 4.80. The van der Waals surface area contributed by atoms with Gasteiger partial charge >= 0.3 is 0 Å². The van der Waals surface area contributed by atoms with Crippen molar-refractivity contribution >= 4 is 0 Å².